The van der Waals surface area contributed by atoms with Crippen molar-refractivity contribution in [2.75, 3.05) is 31.1 Å². The summed E-state index contributed by atoms with van der Waals surface area (Å²) in [6, 6.07) is 7.17. The lowest BCUT2D eigenvalue weighted by Crippen LogP contribution is -2.51. The highest BCUT2D eigenvalue weighted by Crippen LogP contribution is 2.27. The zero-order valence-corrected chi connectivity index (χ0v) is 17.3. The van der Waals surface area contributed by atoms with Crippen LogP contribution in [0.5, 0.6) is 0 Å². The number of aliphatic carboxylic acids is 1. The molecule has 31 heavy (non-hydrogen) atoms. The number of rotatable bonds is 3. The van der Waals surface area contributed by atoms with Crippen LogP contribution in [0.3, 0.4) is 0 Å². The molecule has 168 valence electrons. The van der Waals surface area contributed by atoms with Gasteiger partial charge in [-0.2, -0.15) is 13.2 Å². The van der Waals surface area contributed by atoms with Crippen LogP contribution in [0, 0.1) is 13.8 Å². The maximum absolute atomic E-state index is 10.6. The fourth-order valence-corrected chi connectivity index (χ4v) is 4.04. The normalized spacial score (nSPS) is 21.3. The van der Waals surface area contributed by atoms with Crippen LogP contribution in [0.2, 0.25) is 0 Å². The van der Waals surface area contributed by atoms with Crippen LogP contribution in [0.1, 0.15) is 16.7 Å². The van der Waals surface area contributed by atoms with Crippen molar-refractivity contribution in [2.45, 2.75) is 38.7 Å². The Balaban J connectivity index is 0.000000339. The van der Waals surface area contributed by atoms with Crippen molar-refractivity contribution in [3.05, 3.63) is 53.5 Å². The van der Waals surface area contributed by atoms with Crippen molar-refractivity contribution in [3.63, 3.8) is 0 Å². The number of alkyl halides is 3. The van der Waals surface area contributed by atoms with E-state index in [-0.39, 0.29) is 6.10 Å². The number of aromatic nitrogens is 2. The topological polar surface area (TPSA) is 78.8 Å². The molecule has 0 saturated carbocycles. The van der Waals surface area contributed by atoms with Crippen molar-refractivity contribution in [2.24, 2.45) is 0 Å². The number of hydrogen-bond acceptors (Lipinski definition) is 6. The Kier molecular flexibility index (Phi) is 7.11. The van der Waals surface area contributed by atoms with Gasteiger partial charge in [-0.3, -0.25) is 9.88 Å². The molecule has 2 fully saturated rings. The first kappa shape index (κ1) is 23.0. The van der Waals surface area contributed by atoms with Crippen molar-refractivity contribution < 1.29 is 27.8 Å². The van der Waals surface area contributed by atoms with E-state index in [0.29, 0.717) is 6.04 Å². The van der Waals surface area contributed by atoms with Gasteiger partial charge in [-0.15, -0.1) is 0 Å². The van der Waals surface area contributed by atoms with Gasteiger partial charge in [0.15, 0.2) is 0 Å². The number of carbonyl (C=O) groups is 1. The molecule has 3 heterocycles. The summed E-state index contributed by atoms with van der Waals surface area (Å²) in [5.41, 5.74) is 4.05. The van der Waals surface area contributed by atoms with Gasteiger partial charge >= 0.3 is 12.1 Å². The lowest BCUT2D eigenvalue weighted by molar-refractivity contribution is -0.192. The lowest BCUT2D eigenvalue weighted by atomic mass is 10.1. The number of ether oxygens (including phenoxy) is 1. The Morgan fingerprint density at radius 2 is 1.87 bits per heavy atom. The predicted molar refractivity (Wildman–Crippen MR) is 108 cm³/mol. The highest BCUT2D eigenvalue weighted by molar-refractivity contribution is 5.73. The smallest absolute Gasteiger partial charge is 0.475 e. The molecule has 2 aliphatic heterocycles. The number of anilines is 1. The summed E-state index contributed by atoms with van der Waals surface area (Å²) >= 11 is 0. The molecule has 0 amide bonds. The Morgan fingerprint density at radius 1 is 1.19 bits per heavy atom. The number of hydrogen-bond donors (Lipinski definition) is 1. The second kappa shape index (κ2) is 9.61. The summed E-state index contributed by atoms with van der Waals surface area (Å²) in [6.45, 7) is 8.95. The number of halogens is 3. The molecule has 0 unspecified atom stereocenters. The number of carboxylic acids is 1. The molecule has 2 atom stereocenters. The molecule has 4 rings (SSSR count). The summed E-state index contributed by atoms with van der Waals surface area (Å²) in [6.07, 6.45) is 0.520. The van der Waals surface area contributed by atoms with E-state index in [2.05, 4.69) is 51.8 Å². The van der Waals surface area contributed by atoms with Crippen LogP contribution in [0.4, 0.5) is 19.0 Å². The highest BCUT2D eigenvalue weighted by Gasteiger charge is 2.40. The molecule has 2 saturated heterocycles. The molecule has 0 aliphatic carbocycles. The first-order valence-corrected chi connectivity index (χ1v) is 9.87. The second-order valence-electron chi connectivity index (χ2n) is 7.73. The number of benzene rings is 1. The summed E-state index contributed by atoms with van der Waals surface area (Å²) < 4.78 is 37.8. The van der Waals surface area contributed by atoms with E-state index in [4.69, 9.17) is 14.6 Å². The Hall–Kier alpha value is -2.72. The summed E-state index contributed by atoms with van der Waals surface area (Å²) in [7, 11) is 0. The van der Waals surface area contributed by atoms with Crippen LogP contribution >= 0.6 is 0 Å². The van der Waals surface area contributed by atoms with E-state index in [1.165, 1.54) is 16.7 Å². The van der Waals surface area contributed by atoms with Crippen LogP contribution in [-0.2, 0) is 16.1 Å². The van der Waals surface area contributed by atoms with Crippen molar-refractivity contribution in [1.29, 1.82) is 0 Å². The van der Waals surface area contributed by atoms with E-state index >= 15 is 0 Å². The Morgan fingerprint density at radius 3 is 2.45 bits per heavy atom. The molecule has 0 radical (unpaired) electrons. The van der Waals surface area contributed by atoms with Gasteiger partial charge in [0.05, 0.1) is 24.9 Å². The molecule has 2 aliphatic rings. The third kappa shape index (κ3) is 6.14. The van der Waals surface area contributed by atoms with Crippen molar-refractivity contribution >= 4 is 11.8 Å². The molecule has 0 spiro atoms. The van der Waals surface area contributed by atoms with E-state index in [1.54, 1.807) is 12.4 Å². The lowest BCUT2D eigenvalue weighted by Gasteiger charge is -2.37. The minimum absolute atomic E-state index is 0.256. The molecule has 1 N–H and O–H groups in total. The fourth-order valence-electron chi connectivity index (χ4n) is 4.04. The molecule has 1 aromatic heterocycles. The molecular formula is C21H25F3N4O3. The van der Waals surface area contributed by atoms with Crippen LogP contribution in [-0.4, -0.2) is 70.5 Å². The van der Waals surface area contributed by atoms with Crippen LogP contribution in [0.15, 0.2) is 36.8 Å². The number of likely N-dealkylation sites (tertiary alicyclic amines) is 1. The number of fused-ring (bicyclic) bond motifs is 1. The van der Waals surface area contributed by atoms with Gasteiger partial charge in [0.2, 0.25) is 0 Å². The summed E-state index contributed by atoms with van der Waals surface area (Å²) in [5.74, 6) is -1.79. The Labute approximate surface area is 178 Å². The zero-order valence-electron chi connectivity index (χ0n) is 17.3. The van der Waals surface area contributed by atoms with E-state index < -0.39 is 12.1 Å². The number of morpholine rings is 1. The minimum atomic E-state index is -5.08. The van der Waals surface area contributed by atoms with Gasteiger partial charge in [-0.25, -0.2) is 9.78 Å². The third-order valence-electron chi connectivity index (χ3n) is 5.15. The van der Waals surface area contributed by atoms with E-state index in [0.717, 1.165) is 38.6 Å². The van der Waals surface area contributed by atoms with Gasteiger partial charge < -0.3 is 14.7 Å². The van der Waals surface area contributed by atoms with E-state index in [1.807, 2.05) is 6.20 Å². The molecular weight excluding hydrogens is 413 g/mol. The van der Waals surface area contributed by atoms with Gasteiger partial charge in [0, 0.05) is 38.6 Å². The largest absolute Gasteiger partial charge is 0.490 e. The summed E-state index contributed by atoms with van der Waals surface area (Å²) in [4.78, 5) is 22.5. The monoisotopic (exact) mass is 438 g/mol. The fraction of sp³-hybridized carbons (Fsp3) is 0.476. The Bertz CT molecular complexity index is 875. The SMILES string of the molecule is Cc1cc(C)cc(CN2C[C@@H]3OCCN(c4cnccn4)[C@@H]3C2)c1.O=C(O)C(F)(F)F. The number of aryl methyl sites for hydroxylation is 2. The molecule has 1 aromatic carbocycles. The highest BCUT2D eigenvalue weighted by atomic mass is 19.4. The van der Waals surface area contributed by atoms with Crippen LogP contribution in [0.25, 0.3) is 0 Å². The second-order valence-corrected chi connectivity index (χ2v) is 7.73. The minimum Gasteiger partial charge on any atom is -0.475 e. The van der Waals surface area contributed by atoms with E-state index in [9.17, 15) is 13.2 Å². The maximum atomic E-state index is 10.6. The van der Waals surface area contributed by atoms with Gasteiger partial charge in [0.25, 0.3) is 0 Å². The number of nitrogens with zero attached hydrogens (tertiary/aromatic N) is 4. The molecule has 7 nitrogen and oxygen atoms in total. The quantitative estimate of drug-likeness (QED) is 0.790. The van der Waals surface area contributed by atoms with Gasteiger partial charge in [-0.1, -0.05) is 29.3 Å². The first-order chi connectivity index (χ1) is 14.6. The zero-order chi connectivity index (χ0) is 22.6. The molecule has 10 heteroatoms. The van der Waals surface area contributed by atoms with Crippen molar-refractivity contribution in [3.8, 4) is 0 Å². The first-order valence-electron chi connectivity index (χ1n) is 9.87. The van der Waals surface area contributed by atoms with Crippen molar-refractivity contribution in [1.82, 2.24) is 14.9 Å². The van der Waals surface area contributed by atoms with Gasteiger partial charge in [-0.05, 0) is 19.4 Å². The number of carboxylic acid groups (broad SMARTS) is 1. The average molecular weight is 438 g/mol. The predicted octanol–water partition coefficient (Wildman–Crippen LogP) is 2.82. The molecule has 2 aromatic rings. The average Bonchev–Trinajstić information content (AvgIpc) is 3.10. The van der Waals surface area contributed by atoms with Gasteiger partial charge in [0.1, 0.15) is 5.82 Å². The molecule has 0 bridgehead atoms. The third-order valence-corrected chi connectivity index (χ3v) is 5.15. The van der Waals surface area contributed by atoms with Crippen LogP contribution < -0.4 is 4.90 Å². The maximum Gasteiger partial charge on any atom is 0.490 e. The standard InChI is InChI=1S/C19H24N4O.C2HF3O2/c1-14-7-15(2)9-16(8-14)11-22-12-17-18(13-22)24-6-5-23(17)19-10-20-3-4-21-19;3-2(4,5)1(6)7/h3-4,7-10,17-18H,5-6,11-13H2,1-2H3;(H,6,7)/t17-,18+;/m1./s1. The summed E-state index contributed by atoms with van der Waals surface area (Å²) in [5, 5.41) is 7.12.